The summed E-state index contributed by atoms with van der Waals surface area (Å²) in [5.74, 6) is 0.812. The van der Waals surface area contributed by atoms with Gasteiger partial charge in [-0.05, 0) is 37.1 Å². The molecule has 1 fully saturated rings. The molecule has 0 aliphatic heterocycles. The summed E-state index contributed by atoms with van der Waals surface area (Å²) < 4.78 is 0. The molecule has 0 aromatic carbocycles. The lowest BCUT2D eigenvalue weighted by Gasteiger charge is -2.37. The molecule has 1 saturated carbocycles. The highest BCUT2D eigenvalue weighted by atomic mass is 14.6. The maximum atomic E-state index is 5.89. The van der Waals surface area contributed by atoms with Crippen LogP contribution in [0.2, 0.25) is 0 Å². The molecule has 1 aliphatic carbocycles. The molecule has 0 unspecified atom stereocenters. The van der Waals surface area contributed by atoms with Gasteiger partial charge in [0.2, 0.25) is 0 Å². The molecule has 1 nitrogen and oxygen atoms in total. The van der Waals surface area contributed by atoms with Crippen LogP contribution in [0.25, 0.3) is 0 Å². The van der Waals surface area contributed by atoms with Crippen molar-refractivity contribution in [3.05, 3.63) is 0 Å². The fourth-order valence-corrected chi connectivity index (χ4v) is 2.66. The molecule has 0 aromatic rings. The van der Waals surface area contributed by atoms with Crippen LogP contribution in [0.4, 0.5) is 0 Å². The fraction of sp³-hybridized carbons (Fsp3) is 1.00. The summed E-state index contributed by atoms with van der Waals surface area (Å²) in [5, 5.41) is 0. The minimum absolute atomic E-state index is 0.520. The largest absolute Gasteiger partial charge is 0.330 e. The number of nitrogens with two attached hydrogens (primary N) is 1. The third kappa shape index (κ3) is 2.48. The van der Waals surface area contributed by atoms with Gasteiger partial charge in [0.05, 0.1) is 0 Å². The first-order valence-electron chi connectivity index (χ1n) is 5.39. The van der Waals surface area contributed by atoms with E-state index >= 15 is 0 Å². The minimum Gasteiger partial charge on any atom is -0.330 e. The monoisotopic (exact) mass is 169 g/mol. The number of hydrogen-bond acceptors (Lipinski definition) is 1. The number of rotatable bonds is 3. The zero-order valence-corrected chi connectivity index (χ0v) is 8.60. The Bertz CT molecular complexity index is 123. The van der Waals surface area contributed by atoms with Crippen molar-refractivity contribution in [2.45, 2.75) is 52.4 Å². The van der Waals surface area contributed by atoms with Crippen molar-refractivity contribution >= 4 is 0 Å². The molecule has 1 aliphatic rings. The second kappa shape index (κ2) is 4.27. The smallest absolute Gasteiger partial charge is 0.00204 e. The van der Waals surface area contributed by atoms with Gasteiger partial charge in [-0.2, -0.15) is 0 Å². The predicted molar refractivity (Wildman–Crippen MR) is 54.0 cm³/mol. The SMILES string of the molecule is CC(C)CC1(CN)CCCCC1. The van der Waals surface area contributed by atoms with Crippen molar-refractivity contribution in [2.75, 3.05) is 6.54 Å². The minimum atomic E-state index is 0.520. The zero-order valence-electron chi connectivity index (χ0n) is 8.60. The Labute approximate surface area is 76.7 Å². The van der Waals surface area contributed by atoms with Gasteiger partial charge < -0.3 is 5.73 Å². The summed E-state index contributed by atoms with van der Waals surface area (Å²) in [6.07, 6.45) is 8.33. The van der Waals surface area contributed by atoms with Crippen molar-refractivity contribution < 1.29 is 0 Å². The lowest BCUT2D eigenvalue weighted by atomic mass is 9.69. The summed E-state index contributed by atoms with van der Waals surface area (Å²) in [5.41, 5.74) is 6.41. The predicted octanol–water partition coefficient (Wildman–Crippen LogP) is 2.94. The summed E-state index contributed by atoms with van der Waals surface area (Å²) in [7, 11) is 0. The van der Waals surface area contributed by atoms with Crippen molar-refractivity contribution in [2.24, 2.45) is 17.1 Å². The topological polar surface area (TPSA) is 26.0 Å². The van der Waals surface area contributed by atoms with E-state index in [-0.39, 0.29) is 0 Å². The molecule has 0 atom stereocenters. The van der Waals surface area contributed by atoms with Gasteiger partial charge in [-0.15, -0.1) is 0 Å². The van der Waals surface area contributed by atoms with Crippen molar-refractivity contribution in [3.8, 4) is 0 Å². The molecule has 0 heterocycles. The first kappa shape index (κ1) is 10.0. The van der Waals surface area contributed by atoms with Gasteiger partial charge in [0, 0.05) is 0 Å². The molecular weight excluding hydrogens is 146 g/mol. The quantitative estimate of drug-likeness (QED) is 0.690. The molecule has 2 N–H and O–H groups in total. The molecule has 0 aromatic heterocycles. The van der Waals surface area contributed by atoms with Gasteiger partial charge in [0.15, 0.2) is 0 Å². The van der Waals surface area contributed by atoms with E-state index < -0.39 is 0 Å². The van der Waals surface area contributed by atoms with Crippen LogP contribution in [-0.4, -0.2) is 6.54 Å². The summed E-state index contributed by atoms with van der Waals surface area (Å²) in [6, 6.07) is 0. The molecule has 0 saturated heterocycles. The summed E-state index contributed by atoms with van der Waals surface area (Å²) in [6.45, 7) is 5.53. The van der Waals surface area contributed by atoms with Crippen LogP contribution in [0, 0.1) is 11.3 Å². The van der Waals surface area contributed by atoms with E-state index in [0.717, 1.165) is 12.5 Å². The maximum absolute atomic E-state index is 5.89. The van der Waals surface area contributed by atoms with E-state index in [1.807, 2.05) is 0 Å². The maximum Gasteiger partial charge on any atom is -0.00204 e. The molecule has 0 radical (unpaired) electrons. The number of hydrogen-bond donors (Lipinski definition) is 1. The highest BCUT2D eigenvalue weighted by Gasteiger charge is 2.30. The van der Waals surface area contributed by atoms with E-state index in [1.165, 1.54) is 38.5 Å². The van der Waals surface area contributed by atoms with Crippen LogP contribution in [0.15, 0.2) is 0 Å². The van der Waals surface area contributed by atoms with Gasteiger partial charge in [-0.25, -0.2) is 0 Å². The summed E-state index contributed by atoms with van der Waals surface area (Å²) >= 11 is 0. The van der Waals surface area contributed by atoms with Crippen LogP contribution >= 0.6 is 0 Å². The molecule has 1 rings (SSSR count). The molecule has 1 heteroatoms. The molecule has 12 heavy (non-hydrogen) atoms. The Balaban J connectivity index is 2.48. The molecule has 72 valence electrons. The second-order valence-electron chi connectivity index (χ2n) is 4.86. The van der Waals surface area contributed by atoms with E-state index in [9.17, 15) is 0 Å². The Morgan fingerprint density at radius 1 is 1.17 bits per heavy atom. The van der Waals surface area contributed by atoms with Gasteiger partial charge in [0.25, 0.3) is 0 Å². The molecule has 0 bridgehead atoms. The fourth-order valence-electron chi connectivity index (χ4n) is 2.66. The standard InChI is InChI=1S/C11H23N/c1-10(2)8-11(9-12)6-4-3-5-7-11/h10H,3-9,12H2,1-2H3. The van der Waals surface area contributed by atoms with E-state index in [4.69, 9.17) is 5.73 Å². The lowest BCUT2D eigenvalue weighted by molar-refractivity contribution is 0.159. The van der Waals surface area contributed by atoms with Gasteiger partial charge in [-0.3, -0.25) is 0 Å². The van der Waals surface area contributed by atoms with Gasteiger partial charge in [-0.1, -0.05) is 33.1 Å². The van der Waals surface area contributed by atoms with Crippen molar-refractivity contribution in [1.82, 2.24) is 0 Å². The first-order chi connectivity index (χ1) is 5.68. The highest BCUT2D eigenvalue weighted by Crippen LogP contribution is 2.40. The van der Waals surface area contributed by atoms with Gasteiger partial charge in [0.1, 0.15) is 0 Å². The Kier molecular flexibility index (Phi) is 3.57. The normalized spacial score (nSPS) is 23.0. The van der Waals surface area contributed by atoms with E-state index in [0.29, 0.717) is 5.41 Å². The van der Waals surface area contributed by atoms with E-state index in [2.05, 4.69) is 13.8 Å². The first-order valence-corrected chi connectivity index (χ1v) is 5.39. The van der Waals surface area contributed by atoms with Crippen LogP contribution in [0.5, 0.6) is 0 Å². The average molecular weight is 169 g/mol. The van der Waals surface area contributed by atoms with Crippen LogP contribution in [-0.2, 0) is 0 Å². The third-order valence-corrected chi connectivity index (χ3v) is 3.19. The Hall–Kier alpha value is -0.0400. The molecule has 0 amide bonds. The van der Waals surface area contributed by atoms with Crippen LogP contribution in [0.1, 0.15) is 52.4 Å². The summed E-state index contributed by atoms with van der Waals surface area (Å²) in [4.78, 5) is 0. The third-order valence-electron chi connectivity index (χ3n) is 3.19. The average Bonchev–Trinajstić information content (AvgIpc) is 2.05. The van der Waals surface area contributed by atoms with Crippen molar-refractivity contribution in [1.29, 1.82) is 0 Å². The second-order valence-corrected chi connectivity index (χ2v) is 4.86. The van der Waals surface area contributed by atoms with Crippen molar-refractivity contribution in [3.63, 3.8) is 0 Å². The Morgan fingerprint density at radius 2 is 1.75 bits per heavy atom. The molecular formula is C11H23N. The highest BCUT2D eigenvalue weighted by molar-refractivity contribution is 4.84. The van der Waals surface area contributed by atoms with Crippen LogP contribution < -0.4 is 5.73 Å². The molecule has 0 spiro atoms. The van der Waals surface area contributed by atoms with Crippen LogP contribution in [0.3, 0.4) is 0 Å². The van der Waals surface area contributed by atoms with Gasteiger partial charge >= 0.3 is 0 Å². The zero-order chi connectivity index (χ0) is 9.03. The Morgan fingerprint density at radius 3 is 2.17 bits per heavy atom. The lowest BCUT2D eigenvalue weighted by Crippen LogP contribution is -2.34. The van der Waals surface area contributed by atoms with E-state index in [1.54, 1.807) is 0 Å².